The molecule has 11 heteroatoms. The van der Waals surface area contributed by atoms with Crippen molar-refractivity contribution in [3.8, 4) is 11.5 Å². The summed E-state index contributed by atoms with van der Waals surface area (Å²) in [4.78, 5) is 27.4. The Hall–Kier alpha value is -2.98. The van der Waals surface area contributed by atoms with Gasteiger partial charge in [0, 0.05) is 32.7 Å². The minimum Gasteiger partial charge on any atom is -0.496 e. The Bertz CT molecular complexity index is 1100. The molecule has 1 heterocycles. The predicted molar refractivity (Wildman–Crippen MR) is 148 cm³/mol. The fourth-order valence-corrected chi connectivity index (χ4v) is 4.55. The molecule has 0 aromatic heterocycles. The molecular weight excluding hydrogens is 549 g/mol. The summed E-state index contributed by atoms with van der Waals surface area (Å²) in [6.45, 7) is 0.554. The number of halogens is 4. The van der Waals surface area contributed by atoms with Gasteiger partial charge in [-0.2, -0.15) is 13.2 Å². The molecular formula is C29H38ClF3N2O5. The average molecular weight is 587 g/mol. The van der Waals surface area contributed by atoms with E-state index in [-0.39, 0.29) is 11.8 Å². The molecule has 2 aromatic rings. The molecule has 1 aliphatic carbocycles. The Morgan fingerprint density at radius 3 is 2.17 bits per heavy atom. The third-order valence-corrected chi connectivity index (χ3v) is 7.12. The molecule has 2 amide bonds. The molecule has 1 atom stereocenters. The predicted octanol–water partition coefficient (Wildman–Crippen LogP) is 6.14. The van der Waals surface area contributed by atoms with Gasteiger partial charge in [0.05, 0.1) is 24.3 Å². The van der Waals surface area contributed by atoms with E-state index in [1.807, 2.05) is 19.1 Å². The van der Waals surface area contributed by atoms with Crippen LogP contribution < -0.4 is 9.47 Å². The molecule has 7 nitrogen and oxygen atoms in total. The number of carbonyl (C=O) groups is 2. The molecule has 1 saturated carbocycles. The summed E-state index contributed by atoms with van der Waals surface area (Å²) in [5.41, 5.74) is 1.58. The van der Waals surface area contributed by atoms with Crippen LogP contribution in [0.1, 0.15) is 61.1 Å². The summed E-state index contributed by atoms with van der Waals surface area (Å²) in [6.07, 6.45) is 4.60. The van der Waals surface area contributed by atoms with Crippen LogP contribution in [0.4, 0.5) is 13.2 Å². The molecule has 40 heavy (non-hydrogen) atoms. The number of aliphatic hydroxyl groups is 1. The van der Waals surface area contributed by atoms with Gasteiger partial charge in [-0.05, 0) is 61.8 Å². The first-order chi connectivity index (χ1) is 18.9. The second kappa shape index (κ2) is 15.7. The highest BCUT2D eigenvalue weighted by Crippen LogP contribution is 2.53. The number of methoxy groups -OCH3 is 1. The number of nitrogens with zero attached hydrogens (tertiary/aromatic N) is 2. The van der Waals surface area contributed by atoms with E-state index in [1.165, 1.54) is 17.7 Å². The van der Waals surface area contributed by atoms with Crippen LogP contribution in [0.2, 0.25) is 5.02 Å². The van der Waals surface area contributed by atoms with Gasteiger partial charge in [0.25, 0.3) is 11.8 Å². The van der Waals surface area contributed by atoms with Crippen molar-refractivity contribution in [2.45, 2.75) is 51.8 Å². The number of carbonyl (C=O) groups excluding carboxylic acids is 2. The number of likely N-dealkylation sites (tertiary alicyclic amines) is 1. The van der Waals surface area contributed by atoms with E-state index in [4.69, 9.17) is 21.1 Å². The third kappa shape index (κ3) is 9.89. The molecule has 2 fully saturated rings. The lowest BCUT2D eigenvalue weighted by Gasteiger charge is -2.33. The summed E-state index contributed by atoms with van der Waals surface area (Å²) in [6, 6.07) is 12.3. The smallest absolute Gasteiger partial charge is 0.379 e. The number of piperidine rings is 1. The van der Waals surface area contributed by atoms with Crippen LogP contribution in [0.25, 0.3) is 0 Å². The van der Waals surface area contributed by atoms with Crippen LogP contribution in [0.3, 0.4) is 0 Å². The van der Waals surface area contributed by atoms with Crippen molar-refractivity contribution >= 4 is 23.4 Å². The topological polar surface area (TPSA) is 79.3 Å². The van der Waals surface area contributed by atoms with Gasteiger partial charge in [-0.15, -0.1) is 0 Å². The van der Waals surface area contributed by atoms with E-state index in [1.54, 1.807) is 56.4 Å². The Morgan fingerprint density at radius 1 is 1.07 bits per heavy atom. The van der Waals surface area contributed by atoms with Gasteiger partial charge in [0.15, 0.2) is 6.10 Å². The highest BCUT2D eigenvalue weighted by Gasteiger charge is 2.45. The molecule has 1 saturated heterocycles. The number of amides is 2. The maximum Gasteiger partial charge on any atom is 0.379 e. The van der Waals surface area contributed by atoms with E-state index in [9.17, 15) is 27.9 Å². The molecule has 0 radical (unpaired) electrons. The van der Waals surface area contributed by atoms with Crippen LogP contribution in [-0.2, 0) is 4.79 Å². The molecule has 1 unspecified atom stereocenters. The molecule has 1 aliphatic heterocycles. The molecule has 1 N–H and O–H groups in total. The number of hydrogen-bond donors (Lipinski definition) is 1. The molecule has 4 rings (SSSR count). The van der Waals surface area contributed by atoms with Crippen molar-refractivity contribution < 1.29 is 37.3 Å². The first-order valence-electron chi connectivity index (χ1n) is 13.1. The van der Waals surface area contributed by atoms with Gasteiger partial charge >= 0.3 is 6.68 Å². The van der Waals surface area contributed by atoms with Gasteiger partial charge in [0.2, 0.25) is 0 Å². The van der Waals surface area contributed by atoms with Crippen molar-refractivity contribution in [1.29, 1.82) is 0 Å². The number of para-hydroxylation sites is 1. The summed E-state index contributed by atoms with van der Waals surface area (Å²) in [7, 11) is 4.94. The van der Waals surface area contributed by atoms with Gasteiger partial charge in [-0.1, -0.05) is 36.7 Å². The van der Waals surface area contributed by atoms with Crippen LogP contribution in [0.15, 0.2) is 42.5 Å². The van der Waals surface area contributed by atoms with Crippen LogP contribution >= 0.6 is 11.6 Å². The molecule has 0 bridgehead atoms. The van der Waals surface area contributed by atoms with Gasteiger partial charge in [0.1, 0.15) is 11.5 Å². The first kappa shape index (κ1) is 33.2. The minimum atomic E-state index is -3.67. The maximum atomic E-state index is 12.4. The monoisotopic (exact) mass is 586 g/mol. The first-order valence-corrected chi connectivity index (χ1v) is 13.5. The van der Waals surface area contributed by atoms with Gasteiger partial charge < -0.3 is 24.4 Å². The molecule has 2 aromatic carbocycles. The van der Waals surface area contributed by atoms with Gasteiger partial charge in [-0.3, -0.25) is 9.59 Å². The van der Waals surface area contributed by atoms with Crippen LogP contribution in [-0.4, -0.2) is 74.3 Å². The number of rotatable bonds is 7. The largest absolute Gasteiger partial charge is 0.496 e. The van der Waals surface area contributed by atoms with E-state index in [0.717, 1.165) is 32.4 Å². The average Bonchev–Trinajstić information content (AvgIpc) is 3.69. The highest BCUT2D eigenvalue weighted by molar-refractivity contribution is 6.34. The van der Waals surface area contributed by atoms with Crippen molar-refractivity contribution in [1.82, 2.24) is 9.80 Å². The summed E-state index contributed by atoms with van der Waals surface area (Å²) in [5, 5.41) is 10.8. The van der Waals surface area contributed by atoms with Crippen molar-refractivity contribution in [2.75, 3.05) is 40.9 Å². The zero-order chi connectivity index (χ0) is 29.9. The lowest BCUT2D eigenvalue weighted by molar-refractivity contribution is -0.142. The maximum absolute atomic E-state index is 12.4. The quantitative estimate of drug-likeness (QED) is 0.422. The highest BCUT2D eigenvalue weighted by atomic mass is 35.5. The zero-order valence-electron chi connectivity index (χ0n) is 23.3. The van der Waals surface area contributed by atoms with E-state index < -0.39 is 12.8 Å². The fourth-order valence-electron chi connectivity index (χ4n) is 4.30. The minimum absolute atomic E-state index is 0.105. The lowest BCUT2D eigenvalue weighted by atomic mass is 9.93. The third-order valence-electron chi connectivity index (χ3n) is 6.81. The van der Waals surface area contributed by atoms with Crippen LogP contribution in [0, 0.1) is 5.41 Å². The van der Waals surface area contributed by atoms with E-state index in [2.05, 4.69) is 0 Å². The Morgan fingerprint density at radius 2 is 1.68 bits per heavy atom. The summed E-state index contributed by atoms with van der Waals surface area (Å²) < 4.78 is 39.6. The number of alkyl halides is 3. The number of benzene rings is 2. The second-order valence-corrected chi connectivity index (χ2v) is 10.3. The number of ether oxygens (including phenoxy) is 2. The summed E-state index contributed by atoms with van der Waals surface area (Å²) in [5.74, 6) is 0.947. The fraction of sp³-hybridized carbons (Fsp3) is 0.517. The SMILES string of the molecule is CCCOc1ccc(C(=O)N(C)C)c(Cl)c1.COc1ccccc1C(O)C(=O)N1CCC2(CC1)CC2.FC(F)F. The summed E-state index contributed by atoms with van der Waals surface area (Å²) >= 11 is 6.02. The molecule has 2 aliphatic rings. The number of aliphatic hydroxyl groups excluding tert-OH is 1. The zero-order valence-corrected chi connectivity index (χ0v) is 24.1. The lowest BCUT2D eigenvalue weighted by Crippen LogP contribution is -2.41. The molecule has 222 valence electrons. The molecule has 1 spiro atoms. The Balaban J connectivity index is 0.000000253. The van der Waals surface area contributed by atoms with Crippen LogP contribution in [0.5, 0.6) is 11.5 Å². The number of hydrogen-bond acceptors (Lipinski definition) is 5. The van der Waals surface area contributed by atoms with Crippen molar-refractivity contribution in [3.05, 3.63) is 58.6 Å². The van der Waals surface area contributed by atoms with E-state index >= 15 is 0 Å². The van der Waals surface area contributed by atoms with E-state index in [0.29, 0.717) is 39.7 Å². The van der Waals surface area contributed by atoms with Gasteiger partial charge in [-0.25, -0.2) is 0 Å². The Labute approximate surface area is 238 Å². The standard InChI is InChI=1S/C16H21NO3.C12H16ClNO2.CHF3/c1-20-13-5-3-2-4-12(13)14(18)15(19)17-10-8-16(6-7-16)9-11-17;1-4-7-16-9-5-6-10(11(13)8-9)12(15)14(2)3;2-1(3)4/h2-5,14,18H,6-11H2,1H3;5-6,8H,4,7H2,1-3H3;1H. The normalized spacial score (nSPS) is 15.7. The Kier molecular flexibility index (Phi) is 13.1. The van der Waals surface area contributed by atoms with Crippen molar-refractivity contribution in [3.63, 3.8) is 0 Å². The second-order valence-electron chi connectivity index (χ2n) is 9.91. The van der Waals surface area contributed by atoms with Crippen molar-refractivity contribution in [2.24, 2.45) is 5.41 Å².